The van der Waals surface area contributed by atoms with Gasteiger partial charge in [0.15, 0.2) is 0 Å². The van der Waals surface area contributed by atoms with Crippen LogP contribution in [0.3, 0.4) is 0 Å². The summed E-state index contributed by atoms with van der Waals surface area (Å²) in [6.07, 6.45) is 3.17. The van der Waals surface area contributed by atoms with E-state index in [1.54, 1.807) is 5.51 Å². The van der Waals surface area contributed by atoms with Crippen molar-refractivity contribution in [1.82, 2.24) is 19.7 Å². The van der Waals surface area contributed by atoms with Gasteiger partial charge in [0.1, 0.15) is 18.3 Å². The highest BCUT2D eigenvalue weighted by atomic mass is 32.1. The summed E-state index contributed by atoms with van der Waals surface area (Å²) in [7, 11) is 0. The molecule has 0 saturated carbocycles. The first-order valence-electron chi connectivity index (χ1n) is 7.26. The van der Waals surface area contributed by atoms with E-state index in [4.69, 9.17) is 4.74 Å². The monoisotopic (exact) mass is 359 g/mol. The standard InChI is InChI=1S/C15H13N5O4S/c1-10-14(25-9-17-10)4-5-24-15(21)11-2-3-12(13(6-11)20(22)23)19-8-16-7-18-19/h2-3,6-9H,4-5H2,1H3. The van der Waals surface area contributed by atoms with Crippen LogP contribution in [0.25, 0.3) is 5.69 Å². The van der Waals surface area contributed by atoms with Gasteiger partial charge in [-0.15, -0.1) is 11.3 Å². The molecule has 0 aliphatic rings. The highest BCUT2D eigenvalue weighted by Gasteiger charge is 2.20. The second-order valence-electron chi connectivity index (χ2n) is 5.05. The summed E-state index contributed by atoms with van der Waals surface area (Å²) in [6, 6.07) is 4.08. The van der Waals surface area contributed by atoms with E-state index in [1.165, 1.54) is 46.9 Å². The van der Waals surface area contributed by atoms with Crippen LogP contribution < -0.4 is 0 Å². The zero-order chi connectivity index (χ0) is 17.8. The van der Waals surface area contributed by atoms with Crippen molar-refractivity contribution in [3.8, 4) is 5.69 Å². The number of ether oxygens (including phenoxy) is 1. The molecule has 0 radical (unpaired) electrons. The Morgan fingerprint density at radius 1 is 1.44 bits per heavy atom. The number of hydrogen-bond acceptors (Lipinski definition) is 8. The highest BCUT2D eigenvalue weighted by molar-refractivity contribution is 7.09. The molecule has 128 valence electrons. The van der Waals surface area contributed by atoms with Gasteiger partial charge in [0.05, 0.1) is 28.3 Å². The Kier molecular flexibility index (Phi) is 4.80. The predicted octanol–water partition coefficient (Wildman–Crippen LogP) is 2.34. The molecule has 3 aromatic rings. The number of rotatable bonds is 6. The van der Waals surface area contributed by atoms with Crippen LogP contribution in [0.1, 0.15) is 20.9 Å². The van der Waals surface area contributed by atoms with Crippen molar-refractivity contribution in [2.45, 2.75) is 13.3 Å². The smallest absolute Gasteiger partial charge is 0.338 e. The van der Waals surface area contributed by atoms with Crippen molar-refractivity contribution in [2.75, 3.05) is 6.61 Å². The Labute approximate surface area is 146 Å². The lowest BCUT2D eigenvalue weighted by molar-refractivity contribution is -0.384. The summed E-state index contributed by atoms with van der Waals surface area (Å²) in [5, 5.41) is 15.2. The summed E-state index contributed by atoms with van der Waals surface area (Å²) >= 11 is 1.50. The molecule has 1 aromatic carbocycles. The first-order chi connectivity index (χ1) is 12.1. The zero-order valence-electron chi connectivity index (χ0n) is 13.2. The molecule has 0 unspecified atom stereocenters. The Morgan fingerprint density at radius 2 is 2.28 bits per heavy atom. The SMILES string of the molecule is Cc1ncsc1CCOC(=O)c1ccc(-n2cncn2)c([N+](=O)[O-])c1. The number of carbonyl (C=O) groups excluding carboxylic acids is 1. The van der Waals surface area contributed by atoms with Gasteiger partial charge in [0.25, 0.3) is 5.69 Å². The van der Waals surface area contributed by atoms with E-state index < -0.39 is 10.9 Å². The maximum absolute atomic E-state index is 12.1. The summed E-state index contributed by atoms with van der Waals surface area (Å²) in [5.41, 5.74) is 2.72. The molecule has 0 spiro atoms. The molecule has 0 bridgehead atoms. The molecule has 2 heterocycles. The van der Waals surface area contributed by atoms with Gasteiger partial charge in [0, 0.05) is 17.4 Å². The third kappa shape index (κ3) is 3.69. The van der Waals surface area contributed by atoms with Crippen LogP contribution in [-0.2, 0) is 11.2 Å². The lowest BCUT2D eigenvalue weighted by Gasteiger charge is -2.06. The van der Waals surface area contributed by atoms with E-state index in [0.717, 1.165) is 10.6 Å². The van der Waals surface area contributed by atoms with Crippen molar-refractivity contribution < 1.29 is 14.5 Å². The van der Waals surface area contributed by atoms with Crippen LogP contribution >= 0.6 is 11.3 Å². The van der Waals surface area contributed by atoms with Gasteiger partial charge in [-0.05, 0) is 19.1 Å². The Bertz CT molecular complexity index is 907. The third-order valence-corrected chi connectivity index (χ3v) is 4.48. The maximum Gasteiger partial charge on any atom is 0.338 e. The number of aryl methyl sites for hydroxylation is 1. The first kappa shape index (κ1) is 16.7. The van der Waals surface area contributed by atoms with Crippen LogP contribution in [0.5, 0.6) is 0 Å². The second kappa shape index (κ2) is 7.18. The Morgan fingerprint density at radius 3 is 2.92 bits per heavy atom. The molecule has 25 heavy (non-hydrogen) atoms. The average molecular weight is 359 g/mol. The summed E-state index contributed by atoms with van der Waals surface area (Å²) < 4.78 is 6.47. The molecular weight excluding hydrogens is 346 g/mol. The number of esters is 1. The molecule has 2 aromatic heterocycles. The summed E-state index contributed by atoms with van der Waals surface area (Å²) in [6.45, 7) is 2.07. The number of carbonyl (C=O) groups is 1. The maximum atomic E-state index is 12.1. The zero-order valence-corrected chi connectivity index (χ0v) is 14.0. The van der Waals surface area contributed by atoms with Gasteiger partial charge in [-0.25, -0.2) is 19.4 Å². The number of nitro groups is 1. The number of aromatic nitrogens is 4. The summed E-state index contributed by atoms with van der Waals surface area (Å²) in [4.78, 5) is 31.8. The number of benzene rings is 1. The van der Waals surface area contributed by atoms with E-state index in [-0.39, 0.29) is 23.5 Å². The van der Waals surface area contributed by atoms with Gasteiger partial charge in [-0.2, -0.15) is 5.10 Å². The molecule has 9 nitrogen and oxygen atoms in total. The normalized spacial score (nSPS) is 10.6. The van der Waals surface area contributed by atoms with Crippen molar-refractivity contribution in [2.24, 2.45) is 0 Å². The Hall–Kier alpha value is -3.14. The van der Waals surface area contributed by atoms with Crippen molar-refractivity contribution in [3.63, 3.8) is 0 Å². The van der Waals surface area contributed by atoms with Gasteiger partial charge >= 0.3 is 5.97 Å². The fourth-order valence-corrected chi connectivity index (χ4v) is 2.97. The molecule has 0 atom stereocenters. The minimum absolute atomic E-state index is 0.108. The molecule has 0 fully saturated rings. The van der Waals surface area contributed by atoms with Gasteiger partial charge in [-0.1, -0.05) is 0 Å². The molecule has 0 aliphatic carbocycles. The molecular formula is C15H13N5O4S. The van der Waals surface area contributed by atoms with Crippen molar-refractivity contribution in [1.29, 1.82) is 0 Å². The third-order valence-electron chi connectivity index (χ3n) is 3.48. The molecule has 0 amide bonds. The van der Waals surface area contributed by atoms with Gasteiger partial charge < -0.3 is 4.74 Å². The summed E-state index contributed by atoms with van der Waals surface area (Å²) in [5.74, 6) is -0.615. The average Bonchev–Trinajstić information content (AvgIpc) is 3.26. The largest absolute Gasteiger partial charge is 0.462 e. The van der Waals surface area contributed by atoms with Crippen LogP contribution in [-0.4, -0.2) is 37.2 Å². The van der Waals surface area contributed by atoms with E-state index in [0.29, 0.717) is 6.42 Å². The van der Waals surface area contributed by atoms with Crippen LogP contribution in [0, 0.1) is 17.0 Å². The molecule has 10 heteroatoms. The number of nitrogens with zero attached hydrogens (tertiary/aromatic N) is 5. The van der Waals surface area contributed by atoms with Crippen LogP contribution in [0.15, 0.2) is 36.4 Å². The van der Waals surface area contributed by atoms with Gasteiger partial charge in [0.2, 0.25) is 0 Å². The molecule has 0 N–H and O–H groups in total. The lowest BCUT2D eigenvalue weighted by Crippen LogP contribution is -2.10. The quantitative estimate of drug-likeness (QED) is 0.377. The van der Waals surface area contributed by atoms with E-state index in [2.05, 4.69) is 15.1 Å². The topological polar surface area (TPSA) is 113 Å². The highest BCUT2D eigenvalue weighted by Crippen LogP contribution is 2.24. The fraction of sp³-hybridized carbons (Fsp3) is 0.200. The minimum Gasteiger partial charge on any atom is -0.462 e. The van der Waals surface area contributed by atoms with E-state index >= 15 is 0 Å². The second-order valence-corrected chi connectivity index (χ2v) is 5.99. The van der Waals surface area contributed by atoms with Crippen molar-refractivity contribution >= 4 is 23.0 Å². The van der Waals surface area contributed by atoms with Crippen LogP contribution in [0.4, 0.5) is 5.69 Å². The van der Waals surface area contributed by atoms with E-state index in [9.17, 15) is 14.9 Å². The Balaban J connectivity index is 1.73. The van der Waals surface area contributed by atoms with E-state index in [1.807, 2.05) is 6.92 Å². The fourth-order valence-electron chi connectivity index (χ4n) is 2.21. The first-order valence-corrected chi connectivity index (χ1v) is 8.13. The predicted molar refractivity (Wildman–Crippen MR) is 88.9 cm³/mol. The minimum atomic E-state index is -0.615. The number of nitro benzene ring substituents is 1. The van der Waals surface area contributed by atoms with Crippen LogP contribution in [0.2, 0.25) is 0 Å². The molecule has 0 aliphatic heterocycles. The molecule has 0 saturated heterocycles. The number of thiazole rings is 1. The van der Waals surface area contributed by atoms with Crippen molar-refractivity contribution in [3.05, 3.63) is 62.6 Å². The lowest BCUT2D eigenvalue weighted by atomic mass is 10.1. The number of hydrogen-bond donors (Lipinski definition) is 0. The molecule has 3 rings (SSSR count). The van der Waals surface area contributed by atoms with Gasteiger partial charge in [-0.3, -0.25) is 10.1 Å².